The average molecular weight is 863 g/mol. The fraction of sp³-hybridized carbons (Fsp3) is 0.867. The Kier molecular flexibility index (Phi) is 33.7. The highest BCUT2D eigenvalue weighted by Gasteiger charge is 2.51. The van der Waals surface area contributed by atoms with Crippen molar-refractivity contribution in [1.82, 2.24) is 0 Å². The molecule has 0 aliphatic heterocycles. The minimum absolute atomic E-state index is 0.0832. The lowest BCUT2D eigenvalue weighted by molar-refractivity contribution is -0.220. The molecule has 0 heterocycles. The van der Waals surface area contributed by atoms with Gasteiger partial charge in [0, 0.05) is 12.8 Å². The van der Waals surface area contributed by atoms with Crippen molar-refractivity contribution in [2.45, 2.75) is 236 Å². The van der Waals surface area contributed by atoms with Gasteiger partial charge >= 0.3 is 19.8 Å². The fourth-order valence-electron chi connectivity index (χ4n) is 7.02. The fourth-order valence-corrected chi connectivity index (χ4v) is 8.00. The third-order valence-corrected chi connectivity index (χ3v) is 11.8. The van der Waals surface area contributed by atoms with E-state index in [4.69, 9.17) is 18.5 Å². The summed E-state index contributed by atoms with van der Waals surface area (Å²) in [5.41, 5.74) is 0. The molecule has 14 heteroatoms. The highest BCUT2D eigenvalue weighted by atomic mass is 31.2. The van der Waals surface area contributed by atoms with Gasteiger partial charge in [-0.05, 0) is 44.9 Å². The van der Waals surface area contributed by atoms with Crippen LogP contribution in [0, 0.1) is 0 Å². The van der Waals surface area contributed by atoms with Crippen LogP contribution in [0.1, 0.15) is 194 Å². The molecule has 346 valence electrons. The number of carbonyl (C=O) groups is 2. The zero-order valence-corrected chi connectivity index (χ0v) is 37.4. The zero-order valence-electron chi connectivity index (χ0n) is 36.6. The summed E-state index contributed by atoms with van der Waals surface area (Å²) in [5.74, 6) is -1.11. The Hall–Kier alpha value is -1.67. The first-order valence-corrected chi connectivity index (χ1v) is 24.6. The molecule has 1 aliphatic carbocycles. The maximum Gasteiger partial charge on any atom is 0.472 e. The Balaban J connectivity index is 2.47. The Morgan fingerprint density at radius 2 is 0.915 bits per heavy atom. The number of allylic oxidation sites excluding steroid dienone is 4. The molecule has 0 aromatic carbocycles. The number of unbranched alkanes of at least 4 members (excludes halogenated alkanes) is 22. The maximum absolute atomic E-state index is 12.8. The first kappa shape index (κ1) is 55.3. The van der Waals surface area contributed by atoms with Gasteiger partial charge in [-0.15, -0.1) is 0 Å². The van der Waals surface area contributed by atoms with Crippen molar-refractivity contribution >= 4 is 19.8 Å². The minimum Gasteiger partial charge on any atom is -0.462 e. The van der Waals surface area contributed by atoms with E-state index in [9.17, 15) is 44.6 Å². The van der Waals surface area contributed by atoms with Crippen LogP contribution in [0.4, 0.5) is 0 Å². The van der Waals surface area contributed by atoms with E-state index in [1.807, 2.05) is 0 Å². The van der Waals surface area contributed by atoms with Gasteiger partial charge in [0.05, 0.1) is 6.61 Å². The van der Waals surface area contributed by atoms with Crippen LogP contribution in [0.5, 0.6) is 0 Å². The summed E-state index contributed by atoms with van der Waals surface area (Å²) in [5, 5.41) is 50.1. The monoisotopic (exact) mass is 863 g/mol. The number of hydrogen-bond acceptors (Lipinski definition) is 12. The number of phosphoric ester groups is 1. The number of esters is 2. The Morgan fingerprint density at radius 3 is 1.41 bits per heavy atom. The maximum atomic E-state index is 12.8. The van der Waals surface area contributed by atoms with Crippen molar-refractivity contribution in [2.24, 2.45) is 0 Å². The summed E-state index contributed by atoms with van der Waals surface area (Å²) < 4.78 is 33.5. The second kappa shape index (κ2) is 35.9. The molecule has 6 N–H and O–H groups in total. The molecule has 0 saturated heterocycles. The van der Waals surface area contributed by atoms with Crippen LogP contribution in [0.25, 0.3) is 0 Å². The van der Waals surface area contributed by atoms with Gasteiger partial charge in [0.15, 0.2) is 6.10 Å². The van der Waals surface area contributed by atoms with Crippen molar-refractivity contribution in [2.75, 3.05) is 13.2 Å². The van der Waals surface area contributed by atoms with E-state index in [-0.39, 0.29) is 12.8 Å². The van der Waals surface area contributed by atoms with E-state index in [2.05, 4.69) is 38.2 Å². The third-order valence-electron chi connectivity index (χ3n) is 10.8. The number of aliphatic hydroxyl groups excluding tert-OH is 5. The molecule has 0 aromatic heterocycles. The molecule has 1 fully saturated rings. The highest BCUT2D eigenvalue weighted by molar-refractivity contribution is 7.47. The third kappa shape index (κ3) is 28.5. The van der Waals surface area contributed by atoms with E-state index in [0.29, 0.717) is 12.8 Å². The first-order valence-electron chi connectivity index (χ1n) is 23.1. The minimum atomic E-state index is -5.12. The van der Waals surface area contributed by atoms with E-state index >= 15 is 0 Å². The van der Waals surface area contributed by atoms with Gasteiger partial charge in [-0.1, -0.05) is 160 Å². The van der Waals surface area contributed by atoms with Crippen molar-refractivity contribution in [3.05, 3.63) is 24.3 Å². The number of ether oxygens (including phenoxy) is 2. The van der Waals surface area contributed by atoms with Crippen molar-refractivity contribution in [3.63, 3.8) is 0 Å². The van der Waals surface area contributed by atoms with E-state index in [1.165, 1.54) is 89.9 Å². The van der Waals surface area contributed by atoms with Gasteiger partial charge in [0.2, 0.25) is 0 Å². The number of hydrogen-bond donors (Lipinski definition) is 6. The van der Waals surface area contributed by atoms with Gasteiger partial charge in [0.25, 0.3) is 0 Å². The van der Waals surface area contributed by atoms with E-state index in [0.717, 1.165) is 64.2 Å². The molecular formula is C45H83O13P. The summed E-state index contributed by atoms with van der Waals surface area (Å²) >= 11 is 0. The Bertz CT molecular complexity index is 1130. The molecule has 0 radical (unpaired) electrons. The lowest BCUT2D eigenvalue weighted by atomic mass is 9.85. The van der Waals surface area contributed by atoms with E-state index < -0.39 is 75.7 Å². The normalized spacial score (nSPS) is 22.5. The molecule has 13 nitrogen and oxygen atoms in total. The topological polar surface area (TPSA) is 210 Å². The highest BCUT2D eigenvalue weighted by Crippen LogP contribution is 2.47. The molecule has 0 spiro atoms. The van der Waals surface area contributed by atoms with Crippen LogP contribution in [0.3, 0.4) is 0 Å². The van der Waals surface area contributed by atoms with Crippen LogP contribution in [-0.2, 0) is 32.7 Å². The first-order chi connectivity index (χ1) is 28.4. The Labute approximate surface area is 356 Å². The summed E-state index contributed by atoms with van der Waals surface area (Å²) in [4.78, 5) is 35.7. The van der Waals surface area contributed by atoms with Gasteiger partial charge < -0.3 is 39.9 Å². The standard InChI is InChI=1S/C45H83O13P/c1-3-5-7-9-11-13-15-17-19-21-23-25-27-29-31-33-38(46)55-35-37(36-56-59(53,54)58-45-43(51)41(49)40(48)42(50)44(45)52)57-39(47)34-32-30-28-26-24-22-20-18-16-14-12-10-8-6-4-2/h12,14,18,20,37,40-45,48-52H,3-11,13,15-17,19,21-36H2,1-2H3,(H,53,54)/b14-12-,20-18-. The van der Waals surface area contributed by atoms with Crippen LogP contribution in [0.2, 0.25) is 0 Å². The lowest BCUT2D eigenvalue weighted by Crippen LogP contribution is -2.64. The smallest absolute Gasteiger partial charge is 0.462 e. The quantitative estimate of drug-likeness (QED) is 0.0149. The molecule has 59 heavy (non-hydrogen) atoms. The molecule has 1 aliphatic rings. The predicted molar refractivity (Wildman–Crippen MR) is 230 cm³/mol. The molecule has 0 aromatic rings. The predicted octanol–water partition coefficient (Wildman–Crippen LogP) is 8.84. The molecule has 1 rings (SSSR count). The summed E-state index contributed by atoms with van der Waals surface area (Å²) in [6.07, 6.45) is 25.1. The summed E-state index contributed by atoms with van der Waals surface area (Å²) in [6, 6.07) is 0. The van der Waals surface area contributed by atoms with Gasteiger partial charge in [0.1, 0.15) is 43.2 Å². The van der Waals surface area contributed by atoms with Crippen molar-refractivity contribution in [3.8, 4) is 0 Å². The number of rotatable bonds is 38. The average Bonchev–Trinajstić information content (AvgIpc) is 3.21. The SMILES string of the molecule is CCCCC/C=C\C/C=C\CCCCCCCC(=O)OC(COC(=O)CCCCCCCCCCCCCCCCC)COP(=O)(O)OC1C(O)C(O)C(O)C(O)C1O. The molecule has 0 amide bonds. The molecule has 0 bridgehead atoms. The second-order valence-corrected chi connectivity index (χ2v) is 17.7. The lowest BCUT2D eigenvalue weighted by Gasteiger charge is -2.41. The van der Waals surface area contributed by atoms with Crippen molar-refractivity contribution < 1.29 is 63.1 Å². The number of carbonyl (C=O) groups excluding carboxylic acids is 2. The van der Waals surface area contributed by atoms with Gasteiger partial charge in [-0.2, -0.15) is 0 Å². The van der Waals surface area contributed by atoms with Gasteiger partial charge in [-0.25, -0.2) is 4.57 Å². The summed E-state index contributed by atoms with van der Waals surface area (Å²) in [6.45, 7) is 3.27. The largest absolute Gasteiger partial charge is 0.472 e. The van der Waals surface area contributed by atoms with Crippen LogP contribution in [0.15, 0.2) is 24.3 Å². The van der Waals surface area contributed by atoms with E-state index in [1.54, 1.807) is 0 Å². The molecular weight excluding hydrogens is 779 g/mol. The number of phosphoric acid groups is 1. The van der Waals surface area contributed by atoms with Crippen LogP contribution in [-0.4, -0.2) is 98.3 Å². The molecule has 6 atom stereocenters. The number of aliphatic hydroxyl groups is 5. The Morgan fingerprint density at radius 1 is 0.525 bits per heavy atom. The summed E-state index contributed by atoms with van der Waals surface area (Å²) in [7, 11) is -5.12. The zero-order chi connectivity index (χ0) is 43.6. The molecule has 6 unspecified atom stereocenters. The van der Waals surface area contributed by atoms with Crippen LogP contribution >= 0.6 is 7.82 Å². The second-order valence-electron chi connectivity index (χ2n) is 16.3. The van der Waals surface area contributed by atoms with Crippen molar-refractivity contribution in [1.29, 1.82) is 0 Å². The van der Waals surface area contributed by atoms with Crippen LogP contribution < -0.4 is 0 Å². The van der Waals surface area contributed by atoms with Gasteiger partial charge in [-0.3, -0.25) is 18.6 Å². The molecule has 1 saturated carbocycles.